The van der Waals surface area contributed by atoms with E-state index < -0.39 is 0 Å². The average molecular weight is 381 g/mol. The van der Waals surface area contributed by atoms with Crippen LogP contribution in [-0.4, -0.2) is 19.7 Å². The quantitative estimate of drug-likeness (QED) is 0.464. The summed E-state index contributed by atoms with van der Waals surface area (Å²) < 4.78 is 8.28. The second kappa shape index (κ2) is 6.17. The van der Waals surface area contributed by atoms with Crippen LogP contribution in [-0.2, 0) is 0 Å². The minimum atomic E-state index is 0.392. The van der Waals surface area contributed by atoms with Crippen LogP contribution in [0.2, 0.25) is 0 Å². The third-order valence-electron chi connectivity index (χ3n) is 5.90. The van der Waals surface area contributed by atoms with Crippen LogP contribution >= 0.6 is 0 Å². The number of hydrogen-bond acceptors (Lipinski definition) is 5. The van der Waals surface area contributed by atoms with Gasteiger partial charge in [-0.15, -0.1) is 0 Å². The number of hydrogen-bond donors (Lipinski definition) is 1. The van der Waals surface area contributed by atoms with E-state index in [4.69, 9.17) is 10.2 Å². The van der Waals surface area contributed by atoms with Crippen molar-refractivity contribution in [1.29, 1.82) is 0 Å². The summed E-state index contributed by atoms with van der Waals surface area (Å²) in [5, 5.41) is 7.68. The highest BCUT2D eigenvalue weighted by molar-refractivity contribution is 6.03. The molecular formula is C23H19N5O. The number of nitrogen functional groups attached to an aromatic ring is 1. The van der Waals surface area contributed by atoms with Gasteiger partial charge in [-0.3, -0.25) is 9.67 Å². The van der Waals surface area contributed by atoms with E-state index in [0.29, 0.717) is 17.4 Å². The van der Waals surface area contributed by atoms with Crippen LogP contribution < -0.4 is 5.73 Å². The van der Waals surface area contributed by atoms with E-state index in [0.717, 1.165) is 38.6 Å². The molecule has 0 aliphatic heterocycles. The number of benzene rings is 1. The van der Waals surface area contributed by atoms with Gasteiger partial charge in [0, 0.05) is 52.3 Å². The molecule has 0 saturated heterocycles. The highest BCUT2D eigenvalue weighted by atomic mass is 16.3. The standard InChI is InChI=1S/C23H19N5O/c24-23-22-19(20(12-26-23)15-11-27-28(13-15)16-4-2-5-16)9-21(29-22)18-6-1-3-14-10-25-8-7-17(14)18/h1,3,6-13,16H,2,4-5H2,(H2,24,26). The maximum absolute atomic E-state index is 6.21. The number of furan rings is 1. The zero-order valence-corrected chi connectivity index (χ0v) is 15.7. The predicted octanol–water partition coefficient (Wildman–Crippen LogP) is 5.21. The van der Waals surface area contributed by atoms with Gasteiger partial charge in [0.15, 0.2) is 11.4 Å². The average Bonchev–Trinajstić information content (AvgIpc) is 3.35. The van der Waals surface area contributed by atoms with E-state index in [2.05, 4.69) is 38.1 Å². The summed E-state index contributed by atoms with van der Waals surface area (Å²) in [5.41, 5.74) is 9.79. The molecule has 4 heterocycles. The first-order valence-electron chi connectivity index (χ1n) is 9.83. The molecule has 0 bridgehead atoms. The summed E-state index contributed by atoms with van der Waals surface area (Å²) in [6.07, 6.45) is 13.1. The van der Waals surface area contributed by atoms with E-state index in [1.807, 2.05) is 36.8 Å². The Morgan fingerprint density at radius 3 is 2.83 bits per heavy atom. The summed E-state index contributed by atoms with van der Waals surface area (Å²) in [4.78, 5) is 8.59. The van der Waals surface area contributed by atoms with E-state index in [1.54, 1.807) is 6.20 Å². The van der Waals surface area contributed by atoms with Gasteiger partial charge in [0.2, 0.25) is 0 Å². The van der Waals surface area contributed by atoms with Crippen molar-refractivity contribution >= 4 is 27.6 Å². The second-order valence-electron chi connectivity index (χ2n) is 7.61. The zero-order chi connectivity index (χ0) is 19.4. The minimum Gasteiger partial charge on any atom is -0.452 e. The summed E-state index contributed by atoms with van der Waals surface area (Å²) in [7, 11) is 0. The topological polar surface area (TPSA) is 82.8 Å². The lowest BCUT2D eigenvalue weighted by atomic mass is 9.93. The molecule has 1 fully saturated rings. The first-order chi connectivity index (χ1) is 14.3. The fourth-order valence-electron chi connectivity index (χ4n) is 4.07. The van der Waals surface area contributed by atoms with Crippen LogP contribution in [0.3, 0.4) is 0 Å². The normalized spacial score (nSPS) is 14.5. The summed E-state index contributed by atoms with van der Waals surface area (Å²) in [5.74, 6) is 1.16. The molecule has 1 aliphatic rings. The predicted molar refractivity (Wildman–Crippen MR) is 113 cm³/mol. The van der Waals surface area contributed by atoms with Gasteiger partial charge >= 0.3 is 0 Å². The number of nitrogens with two attached hydrogens (primary N) is 1. The molecule has 0 unspecified atom stereocenters. The van der Waals surface area contributed by atoms with Crippen LogP contribution in [0.4, 0.5) is 5.82 Å². The molecule has 1 aliphatic carbocycles. The van der Waals surface area contributed by atoms with E-state index in [1.165, 1.54) is 19.3 Å². The summed E-state index contributed by atoms with van der Waals surface area (Å²) in [6.45, 7) is 0. The van der Waals surface area contributed by atoms with Gasteiger partial charge in [0.1, 0.15) is 5.76 Å². The molecule has 6 heteroatoms. The smallest absolute Gasteiger partial charge is 0.177 e. The molecule has 142 valence electrons. The maximum atomic E-state index is 6.21. The fourth-order valence-corrected chi connectivity index (χ4v) is 4.07. The van der Waals surface area contributed by atoms with Crippen LogP contribution in [0, 0.1) is 0 Å². The zero-order valence-electron chi connectivity index (χ0n) is 15.7. The van der Waals surface area contributed by atoms with Crippen molar-refractivity contribution in [3.8, 4) is 22.5 Å². The third kappa shape index (κ3) is 2.52. The van der Waals surface area contributed by atoms with Gasteiger partial charge in [-0.1, -0.05) is 18.2 Å². The second-order valence-corrected chi connectivity index (χ2v) is 7.61. The van der Waals surface area contributed by atoms with Gasteiger partial charge in [-0.25, -0.2) is 4.98 Å². The van der Waals surface area contributed by atoms with Crippen molar-refractivity contribution in [2.45, 2.75) is 25.3 Å². The number of fused-ring (bicyclic) bond motifs is 2. The number of pyridine rings is 2. The Balaban J connectivity index is 1.53. The van der Waals surface area contributed by atoms with Crippen LogP contribution in [0.15, 0.2) is 65.7 Å². The Hall–Kier alpha value is -3.67. The Bertz CT molecular complexity index is 1360. The first kappa shape index (κ1) is 16.3. The molecular weight excluding hydrogens is 362 g/mol. The van der Waals surface area contributed by atoms with Crippen molar-refractivity contribution < 1.29 is 4.42 Å². The fraction of sp³-hybridized carbons (Fsp3) is 0.174. The van der Waals surface area contributed by atoms with E-state index in [9.17, 15) is 0 Å². The molecule has 1 aromatic carbocycles. The number of aromatic nitrogens is 4. The molecule has 0 atom stereocenters. The molecule has 6 rings (SSSR count). The molecule has 0 amide bonds. The number of rotatable bonds is 3. The maximum Gasteiger partial charge on any atom is 0.177 e. The van der Waals surface area contributed by atoms with Crippen molar-refractivity contribution in [3.05, 3.63) is 61.3 Å². The van der Waals surface area contributed by atoms with Crippen molar-refractivity contribution in [2.24, 2.45) is 0 Å². The van der Waals surface area contributed by atoms with E-state index in [-0.39, 0.29) is 0 Å². The van der Waals surface area contributed by atoms with Crippen LogP contribution in [0.1, 0.15) is 25.3 Å². The Morgan fingerprint density at radius 1 is 1.03 bits per heavy atom. The van der Waals surface area contributed by atoms with Crippen molar-refractivity contribution in [1.82, 2.24) is 19.7 Å². The molecule has 5 aromatic rings. The minimum absolute atomic E-state index is 0.392. The molecule has 29 heavy (non-hydrogen) atoms. The molecule has 0 spiro atoms. The molecule has 6 nitrogen and oxygen atoms in total. The lowest BCUT2D eigenvalue weighted by Crippen LogP contribution is -2.16. The number of anilines is 1. The Kier molecular flexibility index (Phi) is 3.47. The SMILES string of the molecule is Nc1ncc(-c2cnn(C3CCC3)c2)c2cc(-c3cccc4cnccc34)oc12. The highest BCUT2D eigenvalue weighted by Crippen LogP contribution is 2.39. The summed E-state index contributed by atoms with van der Waals surface area (Å²) in [6, 6.07) is 10.7. The highest BCUT2D eigenvalue weighted by Gasteiger charge is 2.21. The molecule has 1 saturated carbocycles. The first-order valence-corrected chi connectivity index (χ1v) is 9.83. The van der Waals surface area contributed by atoms with Gasteiger partial charge in [-0.05, 0) is 36.8 Å². The van der Waals surface area contributed by atoms with Crippen molar-refractivity contribution in [2.75, 3.05) is 5.73 Å². The summed E-state index contributed by atoms with van der Waals surface area (Å²) >= 11 is 0. The van der Waals surface area contributed by atoms with Gasteiger partial charge in [0.25, 0.3) is 0 Å². The monoisotopic (exact) mass is 381 g/mol. The largest absolute Gasteiger partial charge is 0.452 e. The lowest BCUT2D eigenvalue weighted by molar-refractivity contribution is 0.289. The molecule has 4 aromatic heterocycles. The number of nitrogens with zero attached hydrogens (tertiary/aromatic N) is 4. The van der Waals surface area contributed by atoms with Gasteiger partial charge < -0.3 is 10.2 Å². The van der Waals surface area contributed by atoms with Gasteiger partial charge in [-0.2, -0.15) is 5.10 Å². The van der Waals surface area contributed by atoms with Crippen LogP contribution in [0.25, 0.3) is 44.2 Å². The molecule has 2 N–H and O–H groups in total. The molecule has 0 radical (unpaired) electrons. The van der Waals surface area contributed by atoms with Crippen LogP contribution in [0.5, 0.6) is 0 Å². The lowest BCUT2D eigenvalue weighted by Gasteiger charge is -2.25. The van der Waals surface area contributed by atoms with Gasteiger partial charge in [0.05, 0.1) is 12.2 Å². The third-order valence-corrected chi connectivity index (χ3v) is 5.90. The van der Waals surface area contributed by atoms with Crippen molar-refractivity contribution in [3.63, 3.8) is 0 Å². The Labute approximate surface area is 167 Å². The Morgan fingerprint density at radius 2 is 1.97 bits per heavy atom. The van der Waals surface area contributed by atoms with E-state index >= 15 is 0 Å².